The zero-order valence-electron chi connectivity index (χ0n) is 15.3. The fourth-order valence-electron chi connectivity index (χ4n) is 4.09. The molecule has 1 atom stereocenters. The van der Waals surface area contributed by atoms with E-state index in [2.05, 4.69) is 16.9 Å². The van der Waals surface area contributed by atoms with Crippen LogP contribution in [-0.4, -0.2) is 30.4 Å². The minimum Gasteiger partial charge on any atom is -0.339 e. The van der Waals surface area contributed by atoms with Gasteiger partial charge in [0, 0.05) is 31.2 Å². The van der Waals surface area contributed by atoms with Crippen molar-refractivity contribution in [2.45, 2.75) is 30.7 Å². The molecule has 0 radical (unpaired) electrons. The fourth-order valence-corrected chi connectivity index (χ4v) is 4.09. The van der Waals surface area contributed by atoms with E-state index < -0.39 is 5.41 Å². The van der Waals surface area contributed by atoms with Crippen LogP contribution in [-0.2, 0) is 5.41 Å². The van der Waals surface area contributed by atoms with E-state index >= 15 is 0 Å². The van der Waals surface area contributed by atoms with E-state index in [1.54, 1.807) is 0 Å². The highest BCUT2D eigenvalue weighted by molar-refractivity contribution is 5.94. The second-order valence-electron chi connectivity index (χ2n) is 7.39. The number of nitriles is 1. The van der Waals surface area contributed by atoms with Gasteiger partial charge in [0.05, 0.1) is 11.5 Å². The number of nitrogens with zero attached hydrogens (tertiary/aromatic N) is 2. The van der Waals surface area contributed by atoms with Crippen molar-refractivity contribution in [3.05, 3.63) is 71.3 Å². The molecule has 2 aliphatic rings. The van der Waals surface area contributed by atoms with Gasteiger partial charge in [-0.3, -0.25) is 15.6 Å². The Labute approximate surface area is 160 Å². The summed E-state index contributed by atoms with van der Waals surface area (Å²) in [5, 5.41) is 9.81. The lowest BCUT2D eigenvalue weighted by Crippen LogP contribution is -2.44. The summed E-state index contributed by atoms with van der Waals surface area (Å²) < 4.78 is 0. The predicted octanol–water partition coefficient (Wildman–Crippen LogP) is 2.92. The number of likely N-dealkylation sites (tertiary alicyclic amines) is 1. The Morgan fingerprint density at radius 1 is 1.07 bits per heavy atom. The molecule has 5 heteroatoms. The molecule has 1 unspecified atom stereocenters. The molecule has 5 nitrogen and oxygen atoms in total. The third kappa shape index (κ3) is 3.46. The van der Waals surface area contributed by atoms with Gasteiger partial charge in [0.2, 0.25) is 0 Å². The highest BCUT2D eigenvalue weighted by atomic mass is 16.2. The molecule has 2 N–H and O–H groups in total. The van der Waals surface area contributed by atoms with Gasteiger partial charge in [-0.15, -0.1) is 0 Å². The lowest BCUT2D eigenvalue weighted by atomic mass is 9.74. The first-order valence-corrected chi connectivity index (χ1v) is 9.56. The largest absolute Gasteiger partial charge is 0.339 e. The zero-order chi connectivity index (χ0) is 18.7. The van der Waals surface area contributed by atoms with Gasteiger partial charge in [0.15, 0.2) is 0 Å². The van der Waals surface area contributed by atoms with Gasteiger partial charge in [-0.1, -0.05) is 42.5 Å². The molecule has 0 spiro atoms. The fraction of sp³-hybridized carbons (Fsp3) is 0.364. The van der Waals surface area contributed by atoms with Crippen LogP contribution < -0.4 is 10.9 Å². The van der Waals surface area contributed by atoms with Crippen LogP contribution in [0.3, 0.4) is 0 Å². The predicted molar refractivity (Wildman–Crippen MR) is 104 cm³/mol. The van der Waals surface area contributed by atoms with Gasteiger partial charge < -0.3 is 4.90 Å². The van der Waals surface area contributed by atoms with Crippen LogP contribution in [0.5, 0.6) is 0 Å². The summed E-state index contributed by atoms with van der Waals surface area (Å²) >= 11 is 0. The van der Waals surface area contributed by atoms with Crippen molar-refractivity contribution in [2.24, 2.45) is 0 Å². The number of carbonyl (C=O) groups is 1. The highest BCUT2D eigenvalue weighted by Crippen LogP contribution is 2.35. The van der Waals surface area contributed by atoms with Crippen LogP contribution in [0.25, 0.3) is 0 Å². The van der Waals surface area contributed by atoms with Gasteiger partial charge in [0.1, 0.15) is 0 Å². The maximum absolute atomic E-state index is 12.9. The van der Waals surface area contributed by atoms with E-state index in [0.717, 1.165) is 18.5 Å². The van der Waals surface area contributed by atoms with Gasteiger partial charge in [0.25, 0.3) is 5.91 Å². The Morgan fingerprint density at radius 2 is 1.78 bits per heavy atom. The standard InChI is InChI=1S/C22H24N4O/c23-16-22(19-4-2-1-3-5-19)11-14-26(15-12-22)21(27)18-8-6-17(7-9-18)20-10-13-24-25-20/h1-9,20,24-25H,10-15H2. The number of hydrogen-bond acceptors (Lipinski definition) is 4. The molecule has 2 fully saturated rings. The molecular formula is C22H24N4O. The van der Waals surface area contributed by atoms with Crippen molar-refractivity contribution in [1.82, 2.24) is 15.8 Å². The Balaban J connectivity index is 1.43. The number of piperidine rings is 1. The van der Waals surface area contributed by atoms with Gasteiger partial charge in [-0.2, -0.15) is 5.26 Å². The van der Waals surface area contributed by atoms with Gasteiger partial charge in [-0.05, 0) is 42.5 Å². The number of rotatable bonds is 3. The first-order chi connectivity index (χ1) is 13.2. The van der Waals surface area contributed by atoms with E-state index in [0.29, 0.717) is 37.5 Å². The molecule has 2 aromatic carbocycles. The summed E-state index contributed by atoms with van der Waals surface area (Å²) in [5.74, 6) is 0.0543. The Hall–Kier alpha value is -2.68. The van der Waals surface area contributed by atoms with Crippen molar-refractivity contribution < 1.29 is 4.79 Å². The summed E-state index contributed by atoms with van der Waals surface area (Å²) in [6, 6.07) is 20.7. The van der Waals surface area contributed by atoms with Crippen LogP contribution >= 0.6 is 0 Å². The SMILES string of the molecule is N#CC1(c2ccccc2)CCN(C(=O)c2ccc(C3CCNN3)cc2)CC1. The van der Waals surface area contributed by atoms with Crippen molar-refractivity contribution in [1.29, 1.82) is 5.26 Å². The molecule has 2 heterocycles. The van der Waals surface area contributed by atoms with E-state index in [9.17, 15) is 10.1 Å². The van der Waals surface area contributed by atoms with Crippen LogP contribution in [0.4, 0.5) is 0 Å². The molecule has 2 aliphatic heterocycles. The topological polar surface area (TPSA) is 68.2 Å². The number of carbonyl (C=O) groups excluding carboxylic acids is 1. The van der Waals surface area contributed by atoms with E-state index in [4.69, 9.17) is 0 Å². The molecular weight excluding hydrogens is 336 g/mol. The lowest BCUT2D eigenvalue weighted by Gasteiger charge is -2.37. The molecule has 27 heavy (non-hydrogen) atoms. The molecule has 0 aliphatic carbocycles. The Kier molecular flexibility index (Phi) is 4.93. The quantitative estimate of drug-likeness (QED) is 0.883. The molecule has 0 bridgehead atoms. The zero-order valence-corrected chi connectivity index (χ0v) is 15.3. The van der Waals surface area contributed by atoms with Crippen LogP contribution in [0, 0.1) is 11.3 Å². The molecule has 2 saturated heterocycles. The smallest absolute Gasteiger partial charge is 0.253 e. The summed E-state index contributed by atoms with van der Waals surface area (Å²) in [5.41, 5.74) is 8.86. The van der Waals surface area contributed by atoms with Gasteiger partial charge >= 0.3 is 0 Å². The van der Waals surface area contributed by atoms with E-state index in [-0.39, 0.29) is 5.91 Å². The third-order valence-electron chi connectivity index (χ3n) is 5.84. The average molecular weight is 360 g/mol. The number of nitrogens with one attached hydrogen (secondary N) is 2. The van der Waals surface area contributed by atoms with Crippen LogP contribution in [0.2, 0.25) is 0 Å². The van der Waals surface area contributed by atoms with Crippen molar-refractivity contribution >= 4 is 5.91 Å². The van der Waals surface area contributed by atoms with E-state index in [1.807, 2.05) is 59.5 Å². The van der Waals surface area contributed by atoms with Crippen LogP contribution in [0.1, 0.15) is 46.8 Å². The molecule has 0 saturated carbocycles. The number of benzene rings is 2. The minimum atomic E-state index is -0.483. The van der Waals surface area contributed by atoms with Gasteiger partial charge in [-0.25, -0.2) is 0 Å². The second-order valence-corrected chi connectivity index (χ2v) is 7.39. The summed E-state index contributed by atoms with van der Waals surface area (Å²) in [4.78, 5) is 14.8. The first-order valence-electron chi connectivity index (χ1n) is 9.56. The lowest BCUT2D eigenvalue weighted by molar-refractivity contribution is 0.0692. The number of amides is 1. The Morgan fingerprint density at radius 3 is 2.37 bits per heavy atom. The monoisotopic (exact) mass is 360 g/mol. The molecule has 138 valence electrons. The third-order valence-corrected chi connectivity index (χ3v) is 5.84. The summed E-state index contributed by atoms with van der Waals surface area (Å²) in [6.45, 7) is 2.18. The summed E-state index contributed by atoms with van der Waals surface area (Å²) in [6.07, 6.45) is 2.40. The maximum Gasteiger partial charge on any atom is 0.253 e. The summed E-state index contributed by atoms with van der Waals surface area (Å²) in [7, 11) is 0. The number of hydrogen-bond donors (Lipinski definition) is 2. The molecule has 1 amide bonds. The molecule has 4 rings (SSSR count). The number of hydrazine groups is 1. The molecule has 0 aromatic heterocycles. The minimum absolute atomic E-state index is 0.0543. The average Bonchev–Trinajstić information content (AvgIpc) is 3.29. The van der Waals surface area contributed by atoms with Crippen molar-refractivity contribution in [3.8, 4) is 6.07 Å². The van der Waals surface area contributed by atoms with E-state index in [1.165, 1.54) is 5.56 Å². The normalized spacial score (nSPS) is 21.6. The molecule has 2 aromatic rings. The Bertz CT molecular complexity index is 827. The highest BCUT2D eigenvalue weighted by Gasteiger charge is 2.37. The van der Waals surface area contributed by atoms with Crippen molar-refractivity contribution in [3.63, 3.8) is 0 Å². The van der Waals surface area contributed by atoms with Crippen molar-refractivity contribution in [2.75, 3.05) is 19.6 Å². The second kappa shape index (κ2) is 7.51. The maximum atomic E-state index is 12.9. The van der Waals surface area contributed by atoms with Crippen LogP contribution in [0.15, 0.2) is 54.6 Å². The first kappa shape index (κ1) is 17.7.